The predicted octanol–water partition coefficient (Wildman–Crippen LogP) is 4.93. The van der Waals surface area contributed by atoms with E-state index in [0.717, 1.165) is 29.2 Å². The van der Waals surface area contributed by atoms with Crippen LogP contribution in [0.4, 0.5) is 5.69 Å². The summed E-state index contributed by atoms with van der Waals surface area (Å²) in [5.74, 6) is 1.97. The van der Waals surface area contributed by atoms with Gasteiger partial charge in [-0.15, -0.1) is 11.3 Å². The molecule has 2 aliphatic heterocycles. The van der Waals surface area contributed by atoms with E-state index in [-0.39, 0.29) is 6.10 Å². The summed E-state index contributed by atoms with van der Waals surface area (Å²) in [6.45, 7) is 1.81. The number of hydrogen-bond acceptors (Lipinski definition) is 5. The smallest absolute Gasteiger partial charge is 0.141 e. The van der Waals surface area contributed by atoms with Crippen molar-refractivity contribution in [2.75, 3.05) is 27.3 Å². The molecule has 6 heteroatoms. The van der Waals surface area contributed by atoms with Gasteiger partial charge in [0, 0.05) is 19.2 Å². The number of rotatable bonds is 6. The van der Waals surface area contributed by atoms with Gasteiger partial charge in [0.1, 0.15) is 18.2 Å². The zero-order chi connectivity index (χ0) is 20.9. The van der Waals surface area contributed by atoms with Gasteiger partial charge in [-0.05, 0) is 81.1 Å². The molecular weight excluding hydrogens is 394 g/mol. The number of fused-ring (bicyclic) bond motifs is 1. The summed E-state index contributed by atoms with van der Waals surface area (Å²) in [4.78, 5) is 8.14. The van der Waals surface area contributed by atoms with Crippen molar-refractivity contribution >= 4 is 22.9 Å². The van der Waals surface area contributed by atoms with Gasteiger partial charge in [-0.25, -0.2) is 4.99 Å². The monoisotopic (exact) mass is 427 g/mol. The van der Waals surface area contributed by atoms with Crippen LogP contribution in [-0.2, 0) is 4.74 Å². The number of nitrogens with two attached hydrogens (primary N) is 1. The molecule has 3 atom stereocenters. The maximum absolute atomic E-state index is 6.23. The molecule has 30 heavy (non-hydrogen) atoms. The number of methoxy groups -OCH3 is 1. The first-order valence-corrected chi connectivity index (χ1v) is 11.9. The molecule has 1 fully saturated rings. The second-order valence-corrected chi connectivity index (χ2v) is 9.44. The van der Waals surface area contributed by atoms with Crippen LogP contribution in [0, 0.1) is 0 Å². The fourth-order valence-electron chi connectivity index (χ4n) is 4.71. The molecule has 2 N–H and O–H groups in total. The average molecular weight is 428 g/mol. The third-order valence-corrected chi connectivity index (χ3v) is 7.47. The van der Waals surface area contributed by atoms with Crippen LogP contribution >= 0.6 is 11.3 Å². The Hall–Kier alpha value is -1.89. The molecule has 2 aliphatic rings. The minimum Gasteiger partial charge on any atom is -0.491 e. The van der Waals surface area contributed by atoms with E-state index in [2.05, 4.69) is 29.1 Å². The van der Waals surface area contributed by atoms with E-state index in [1.54, 1.807) is 18.4 Å². The third-order valence-electron chi connectivity index (χ3n) is 6.58. The first-order valence-electron chi connectivity index (χ1n) is 11.0. The largest absolute Gasteiger partial charge is 0.491 e. The maximum Gasteiger partial charge on any atom is 0.141 e. The lowest BCUT2D eigenvalue weighted by Crippen LogP contribution is -2.26. The topological polar surface area (TPSA) is 60.1 Å². The van der Waals surface area contributed by atoms with Crippen molar-refractivity contribution in [2.24, 2.45) is 10.7 Å². The molecule has 162 valence electrons. The molecular formula is C24H33N3O2S. The highest BCUT2D eigenvalue weighted by atomic mass is 32.1. The van der Waals surface area contributed by atoms with Gasteiger partial charge in [-0.3, -0.25) is 0 Å². The lowest BCUT2D eigenvalue weighted by atomic mass is 9.86. The van der Waals surface area contributed by atoms with Crippen molar-refractivity contribution in [3.8, 4) is 5.75 Å². The van der Waals surface area contributed by atoms with Gasteiger partial charge in [0.05, 0.1) is 16.7 Å². The van der Waals surface area contributed by atoms with Crippen LogP contribution in [0.2, 0.25) is 0 Å². The highest BCUT2D eigenvalue weighted by molar-refractivity contribution is 7.12. The lowest BCUT2D eigenvalue weighted by molar-refractivity contribution is 0.0446. The molecule has 0 radical (unpaired) electrons. The highest BCUT2D eigenvalue weighted by Crippen LogP contribution is 2.39. The van der Waals surface area contributed by atoms with Crippen LogP contribution < -0.4 is 10.5 Å². The fourth-order valence-corrected chi connectivity index (χ4v) is 5.33. The standard InChI is InChI=1S/C24H33N3O2S/c1-27-13-3-5-19(27)10-7-17-8-11-20(28-2)16-29-22-15-18(9-12-21(17)22)26-24(25)23-6-4-14-30-23/h4,6,9,12,14-15,17,19-20H,3,5,7-8,10-11,13,16H2,1-2H3,(H2,25,26). The van der Waals surface area contributed by atoms with E-state index in [9.17, 15) is 0 Å². The third kappa shape index (κ3) is 5.05. The Morgan fingerprint density at radius 1 is 1.27 bits per heavy atom. The van der Waals surface area contributed by atoms with Crippen molar-refractivity contribution in [1.82, 2.24) is 4.90 Å². The van der Waals surface area contributed by atoms with Gasteiger partial charge in [0.15, 0.2) is 0 Å². The molecule has 5 nitrogen and oxygen atoms in total. The first-order chi connectivity index (χ1) is 14.6. The van der Waals surface area contributed by atoms with E-state index >= 15 is 0 Å². The Morgan fingerprint density at radius 2 is 2.17 bits per heavy atom. The summed E-state index contributed by atoms with van der Waals surface area (Å²) < 4.78 is 11.9. The Kier molecular flexibility index (Phi) is 7.08. The number of nitrogens with zero attached hydrogens (tertiary/aromatic N) is 2. The number of amidine groups is 1. The van der Waals surface area contributed by atoms with E-state index < -0.39 is 0 Å². The van der Waals surface area contributed by atoms with Crippen LogP contribution in [0.5, 0.6) is 5.75 Å². The summed E-state index contributed by atoms with van der Waals surface area (Å²) in [7, 11) is 4.04. The van der Waals surface area contributed by atoms with Crippen LogP contribution in [0.3, 0.4) is 0 Å². The summed E-state index contributed by atoms with van der Waals surface area (Å²) in [6, 6.07) is 11.0. The number of ether oxygens (including phenoxy) is 2. The van der Waals surface area contributed by atoms with Crippen molar-refractivity contribution in [3.05, 3.63) is 46.2 Å². The Morgan fingerprint density at radius 3 is 2.90 bits per heavy atom. The number of benzene rings is 1. The van der Waals surface area contributed by atoms with E-state index in [0.29, 0.717) is 24.4 Å². The van der Waals surface area contributed by atoms with Gasteiger partial charge in [-0.2, -0.15) is 0 Å². The molecule has 1 aromatic carbocycles. The van der Waals surface area contributed by atoms with Gasteiger partial charge in [0.2, 0.25) is 0 Å². The number of likely N-dealkylation sites (tertiary alicyclic amines) is 1. The normalized spacial score (nSPS) is 25.4. The highest BCUT2D eigenvalue weighted by Gasteiger charge is 2.26. The lowest BCUT2D eigenvalue weighted by Gasteiger charge is -2.29. The summed E-state index contributed by atoms with van der Waals surface area (Å²) in [6.07, 6.45) is 7.37. The second kappa shape index (κ2) is 9.94. The number of hydrogen-bond donors (Lipinski definition) is 1. The predicted molar refractivity (Wildman–Crippen MR) is 124 cm³/mol. The minimum absolute atomic E-state index is 0.137. The molecule has 0 saturated carbocycles. The molecule has 0 amide bonds. The van der Waals surface area contributed by atoms with E-state index in [1.165, 1.54) is 37.8 Å². The quantitative estimate of drug-likeness (QED) is 0.524. The van der Waals surface area contributed by atoms with Crippen molar-refractivity contribution in [2.45, 2.75) is 56.6 Å². The van der Waals surface area contributed by atoms with Crippen LogP contribution in [0.15, 0.2) is 40.7 Å². The molecule has 3 unspecified atom stereocenters. The molecule has 2 aromatic rings. The minimum atomic E-state index is 0.137. The van der Waals surface area contributed by atoms with Crippen LogP contribution in [-0.4, -0.2) is 50.2 Å². The van der Waals surface area contributed by atoms with Gasteiger partial charge < -0.3 is 20.1 Å². The van der Waals surface area contributed by atoms with Gasteiger partial charge in [-0.1, -0.05) is 12.1 Å². The number of aliphatic imine (C=N–C) groups is 1. The Labute approximate surface area is 183 Å². The number of thiophene rings is 1. The Balaban J connectivity index is 1.56. The van der Waals surface area contributed by atoms with E-state index in [4.69, 9.17) is 15.2 Å². The zero-order valence-electron chi connectivity index (χ0n) is 18.0. The van der Waals surface area contributed by atoms with Crippen molar-refractivity contribution in [1.29, 1.82) is 0 Å². The summed E-state index contributed by atoms with van der Waals surface area (Å²) >= 11 is 1.60. The molecule has 0 bridgehead atoms. The molecule has 4 rings (SSSR count). The zero-order valence-corrected chi connectivity index (χ0v) is 18.9. The van der Waals surface area contributed by atoms with Crippen molar-refractivity contribution in [3.63, 3.8) is 0 Å². The van der Waals surface area contributed by atoms with Gasteiger partial charge in [0.25, 0.3) is 0 Å². The average Bonchev–Trinajstić information content (AvgIpc) is 3.41. The van der Waals surface area contributed by atoms with Crippen molar-refractivity contribution < 1.29 is 9.47 Å². The van der Waals surface area contributed by atoms with E-state index in [1.807, 2.05) is 23.6 Å². The molecule has 0 aliphatic carbocycles. The van der Waals surface area contributed by atoms with Crippen LogP contribution in [0.1, 0.15) is 54.9 Å². The second-order valence-electron chi connectivity index (χ2n) is 8.49. The summed E-state index contributed by atoms with van der Waals surface area (Å²) in [5, 5.41) is 2.01. The molecule has 1 aromatic heterocycles. The van der Waals surface area contributed by atoms with Gasteiger partial charge >= 0.3 is 0 Å². The molecule has 1 saturated heterocycles. The summed E-state index contributed by atoms with van der Waals surface area (Å²) in [5.41, 5.74) is 8.34. The molecule has 0 spiro atoms. The maximum atomic E-state index is 6.23. The van der Waals surface area contributed by atoms with Crippen LogP contribution in [0.25, 0.3) is 0 Å². The first kappa shape index (κ1) is 21.3. The Bertz CT molecular complexity index is 852. The molecule has 3 heterocycles. The SMILES string of the molecule is COC1CCC(CCC2CCCN2C)c2ccc(N=C(N)c3cccs3)cc2OC1. The fraction of sp³-hybridized carbons (Fsp3) is 0.542.